The van der Waals surface area contributed by atoms with Crippen LogP contribution in [0.25, 0.3) is 0 Å². The molecular formula is C9H14N2O2. The minimum Gasteiger partial charge on any atom is -0.482 e. The van der Waals surface area contributed by atoms with Crippen LogP contribution in [-0.2, 0) is 9.57 Å². The van der Waals surface area contributed by atoms with Crippen molar-refractivity contribution in [1.82, 2.24) is 5.32 Å². The normalized spacial score (nSPS) is 46.7. The number of fused-ring (bicyclic) bond motifs is 4. The number of oxime groups is 1. The molecule has 4 atom stereocenters. The molecule has 4 nitrogen and oxygen atoms in total. The second kappa shape index (κ2) is 2.61. The van der Waals surface area contributed by atoms with Crippen LogP contribution in [0.1, 0.15) is 19.3 Å². The maximum absolute atomic E-state index is 5.36. The van der Waals surface area contributed by atoms with E-state index < -0.39 is 0 Å². The molecule has 3 rings (SSSR count). The van der Waals surface area contributed by atoms with Gasteiger partial charge in [-0.15, -0.1) is 0 Å². The fourth-order valence-electron chi connectivity index (χ4n) is 2.80. The second-order valence-corrected chi connectivity index (χ2v) is 4.09. The second-order valence-electron chi connectivity index (χ2n) is 4.09. The van der Waals surface area contributed by atoms with Crippen molar-refractivity contribution >= 4 is 5.90 Å². The Morgan fingerprint density at radius 1 is 1.54 bits per heavy atom. The van der Waals surface area contributed by atoms with Crippen LogP contribution in [0.2, 0.25) is 0 Å². The predicted molar refractivity (Wildman–Crippen MR) is 47.4 cm³/mol. The van der Waals surface area contributed by atoms with Crippen LogP contribution in [0.15, 0.2) is 5.16 Å². The fraction of sp³-hybridized carbons (Fsp3) is 0.889. The van der Waals surface area contributed by atoms with Gasteiger partial charge in [-0.2, -0.15) is 0 Å². The van der Waals surface area contributed by atoms with Crippen LogP contribution >= 0.6 is 0 Å². The van der Waals surface area contributed by atoms with Crippen molar-refractivity contribution in [3.63, 3.8) is 0 Å². The number of ether oxygens (including phenoxy) is 1. The van der Waals surface area contributed by atoms with Gasteiger partial charge in [0.25, 0.3) is 0 Å². The molecule has 3 aliphatic heterocycles. The van der Waals surface area contributed by atoms with Gasteiger partial charge in [0.15, 0.2) is 0 Å². The van der Waals surface area contributed by atoms with Crippen LogP contribution in [-0.4, -0.2) is 31.2 Å². The van der Waals surface area contributed by atoms with Crippen molar-refractivity contribution in [2.45, 2.75) is 37.5 Å². The van der Waals surface area contributed by atoms with E-state index in [4.69, 9.17) is 9.57 Å². The highest BCUT2D eigenvalue weighted by molar-refractivity contribution is 5.81. The molecule has 2 bridgehead atoms. The maximum atomic E-state index is 5.36. The highest BCUT2D eigenvalue weighted by atomic mass is 16.7. The van der Waals surface area contributed by atoms with Gasteiger partial charge in [0.05, 0.1) is 13.0 Å². The molecule has 0 aliphatic carbocycles. The van der Waals surface area contributed by atoms with Gasteiger partial charge in [0.1, 0.15) is 6.10 Å². The number of methoxy groups -OCH3 is 1. The fourth-order valence-corrected chi connectivity index (χ4v) is 2.80. The monoisotopic (exact) mass is 182 g/mol. The Bertz CT molecular complexity index is 254. The van der Waals surface area contributed by atoms with E-state index in [1.807, 2.05) is 0 Å². The average molecular weight is 182 g/mol. The zero-order valence-corrected chi connectivity index (χ0v) is 7.69. The molecule has 2 fully saturated rings. The Morgan fingerprint density at radius 2 is 2.46 bits per heavy atom. The summed E-state index contributed by atoms with van der Waals surface area (Å²) >= 11 is 0. The van der Waals surface area contributed by atoms with Crippen LogP contribution < -0.4 is 5.32 Å². The topological polar surface area (TPSA) is 42.9 Å². The molecule has 0 spiro atoms. The third-order valence-electron chi connectivity index (χ3n) is 3.40. The van der Waals surface area contributed by atoms with Crippen LogP contribution in [0, 0.1) is 5.92 Å². The first-order valence-corrected chi connectivity index (χ1v) is 4.92. The lowest BCUT2D eigenvalue weighted by atomic mass is 9.89. The molecule has 0 amide bonds. The highest BCUT2D eigenvalue weighted by Gasteiger charge is 2.49. The van der Waals surface area contributed by atoms with Gasteiger partial charge >= 0.3 is 0 Å². The molecule has 3 heterocycles. The molecule has 3 aliphatic rings. The van der Waals surface area contributed by atoms with Gasteiger partial charge < -0.3 is 14.9 Å². The third kappa shape index (κ3) is 0.981. The lowest BCUT2D eigenvalue weighted by Gasteiger charge is -2.30. The minimum atomic E-state index is 0.272. The maximum Gasteiger partial charge on any atom is 0.233 e. The van der Waals surface area contributed by atoms with Crippen molar-refractivity contribution in [2.24, 2.45) is 11.1 Å². The number of nitrogens with one attached hydrogen (secondary N) is 1. The molecule has 2 saturated heterocycles. The van der Waals surface area contributed by atoms with Crippen LogP contribution in [0.3, 0.4) is 0 Å². The van der Waals surface area contributed by atoms with Gasteiger partial charge in [0.2, 0.25) is 5.90 Å². The third-order valence-corrected chi connectivity index (χ3v) is 3.40. The van der Waals surface area contributed by atoms with E-state index in [1.54, 1.807) is 7.11 Å². The van der Waals surface area contributed by atoms with Crippen LogP contribution in [0.4, 0.5) is 0 Å². The Morgan fingerprint density at radius 3 is 3.31 bits per heavy atom. The summed E-state index contributed by atoms with van der Waals surface area (Å²) in [5.74, 6) is 1.14. The van der Waals surface area contributed by atoms with E-state index in [0.29, 0.717) is 18.0 Å². The molecular weight excluding hydrogens is 168 g/mol. The summed E-state index contributed by atoms with van der Waals surface area (Å²) in [5.41, 5.74) is 0. The van der Waals surface area contributed by atoms with E-state index in [-0.39, 0.29) is 6.10 Å². The molecule has 4 unspecified atom stereocenters. The van der Waals surface area contributed by atoms with Crippen molar-refractivity contribution in [3.05, 3.63) is 0 Å². The van der Waals surface area contributed by atoms with Crippen molar-refractivity contribution in [2.75, 3.05) is 7.11 Å². The molecule has 1 N–H and O–H groups in total. The highest BCUT2D eigenvalue weighted by Crippen LogP contribution is 2.37. The summed E-state index contributed by atoms with van der Waals surface area (Å²) in [4.78, 5) is 5.36. The molecule has 0 radical (unpaired) electrons. The lowest BCUT2D eigenvalue weighted by molar-refractivity contribution is 0.0296. The zero-order valence-electron chi connectivity index (χ0n) is 7.69. The first-order valence-electron chi connectivity index (χ1n) is 4.92. The molecule has 0 saturated carbocycles. The molecule has 4 heteroatoms. The lowest BCUT2D eigenvalue weighted by Crippen LogP contribution is -2.49. The number of hydrogen-bond donors (Lipinski definition) is 1. The standard InChI is InChI=1S/C9H14N2O2/c1-12-9-8-6-3-2-5(10-6)4-7(8)13-11-9/h5-8,10H,2-4H2,1H3. The van der Waals surface area contributed by atoms with Gasteiger partial charge in [-0.25, -0.2) is 0 Å². The van der Waals surface area contributed by atoms with Crippen molar-refractivity contribution < 1.29 is 9.57 Å². The van der Waals surface area contributed by atoms with E-state index in [2.05, 4.69) is 10.5 Å². The Labute approximate surface area is 77.3 Å². The van der Waals surface area contributed by atoms with Gasteiger partial charge in [0, 0.05) is 18.5 Å². The van der Waals surface area contributed by atoms with Gasteiger partial charge in [-0.3, -0.25) is 0 Å². The number of piperidine rings is 1. The van der Waals surface area contributed by atoms with E-state index >= 15 is 0 Å². The van der Waals surface area contributed by atoms with Crippen molar-refractivity contribution in [3.8, 4) is 0 Å². The Balaban J connectivity index is 1.86. The largest absolute Gasteiger partial charge is 0.482 e. The zero-order chi connectivity index (χ0) is 8.84. The number of hydrogen-bond acceptors (Lipinski definition) is 4. The minimum absolute atomic E-state index is 0.272. The van der Waals surface area contributed by atoms with Crippen molar-refractivity contribution in [1.29, 1.82) is 0 Å². The summed E-state index contributed by atoms with van der Waals surface area (Å²) < 4.78 is 5.22. The van der Waals surface area contributed by atoms with E-state index in [9.17, 15) is 0 Å². The molecule has 13 heavy (non-hydrogen) atoms. The quantitative estimate of drug-likeness (QED) is 0.592. The first-order chi connectivity index (χ1) is 6.38. The summed E-state index contributed by atoms with van der Waals surface area (Å²) in [5, 5.41) is 7.56. The van der Waals surface area contributed by atoms with Gasteiger partial charge in [-0.1, -0.05) is 5.16 Å². The van der Waals surface area contributed by atoms with Gasteiger partial charge in [-0.05, 0) is 12.8 Å². The summed E-state index contributed by atoms with van der Waals surface area (Å²) in [6.45, 7) is 0. The average Bonchev–Trinajstić information content (AvgIpc) is 2.71. The van der Waals surface area contributed by atoms with E-state index in [0.717, 1.165) is 12.3 Å². The number of nitrogens with zero attached hydrogens (tertiary/aromatic N) is 1. The predicted octanol–water partition coefficient (Wildman–Crippen LogP) is 0.486. The smallest absolute Gasteiger partial charge is 0.233 e. The van der Waals surface area contributed by atoms with E-state index in [1.165, 1.54) is 12.8 Å². The Kier molecular flexibility index (Phi) is 1.53. The summed E-state index contributed by atoms with van der Waals surface area (Å²) in [6, 6.07) is 1.18. The Hall–Kier alpha value is -0.770. The molecule has 0 aromatic rings. The SMILES string of the molecule is COC1=NOC2CC3CCC(N3)C12. The summed E-state index contributed by atoms with van der Waals surface area (Å²) in [6.07, 6.45) is 3.86. The molecule has 0 aromatic heterocycles. The molecule has 0 aromatic carbocycles. The molecule has 72 valence electrons. The summed E-state index contributed by atoms with van der Waals surface area (Å²) in [7, 11) is 1.67. The number of rotatable bonds is 0. The first kappa shape index (κ1) is 7.62. The van der Waals surface area contributed by atoms with Crippen LogP contribution in [0.5, 0.6) is 0 Å².